The molecule has 0 fully saturated rings. The Kier molecular flexibility index (Phi) is 5.59. The summed E-state index contributed by atoms with van der Waals surface area (Å²) in [4.78, 5) is 27.2. The molecule has 2 aromatic rings. The Morgan fingerprint density at radius 3 is 2.22 bits per heavy atom. The van der Waals surface area contributed by atoms with Crippen LogP contribution in [-0.4, -0.2) is 22.8 Å². The molecular weight excluding hydrogens is 383 g/mol. The van der Waals surface area contributed by atoms with Gasteiger partial charge < -0.3 is 5.32 Å². The van der Waals surface area contributed by atoms with E-state index in [2.05, 4.69) is 12.2 Å². The molecule has 140 valence electrons. The molecule has 0 spiro atoms. The Balaban J connectivity index is 2.10. The number of nitrogens with zero attached hydrogens (tertiary/aromatic N) is 1. The highest BCUT2D eigenvalue weighted by atomic mass is 35.5. The highest BCUT2D eigenvalue weighted by Gasteiger charge is 2.41. The molecule has 6 heteroatoms. The molecule has 27 heavy (non-hydrogen) atoms. The van der Waals surface area contributed by atoms with Crippen molar-refractivity contribution in [3.63, 3.8) is 0 Å². The van der Waals surface area contributed by atoms with E-state index in [9.17, 15) is 9.59 Å². The summed E-state index contributed by atoms with van der Waals surface area (Å²) in [7, 11) is 0. The quantitative estimate of drug-likeness (QED) is 0.702. The minimum absolute atomic E-state index is 0.224. The fraction of sp³-hybridized carbons (Fsp3) is 0.238. The number of carbonyl (C=O) groups excluding carboxylic acids is 2. The van der Waals surface area contributed by atoms with Crippen molar-refractivity contribution in [2.45, 2.75) is 33.2 Å². The summed E-state index contributed by atoms with van der Waals surface area (Å²) in [5.41, 5.74) is 2.89. The van der Waals surface area contributed by atoms with E-state index in [4.69, 9.17) is 23.2 Å². The third-order valence-corrected chi connectivity index (χ3v) is 5.01. The minimum Gasteiger partial charge on any atom is -0.350 e. The molecule has 3 rings (SSSR count). The van der Waals surface area contributed by atoms with Gasteiger partial charge in [0, 0.05) is 22.3 Å². The first kappa shape index (κ1) is 19.5. The highest BCUT2D eigenvalue weighted by molar-refractivity contribution is 6.41. The maximum Gasteiger partial charge on any atom is 0.278 e. The summed E-state index contributed by atoms with van der Waals surface area (Å²) in [5.74, 6) is -0.734. The Morgan fingerprint density at radius 2 is 1.67 bits per heavy atom. The number of carbonyl (C=O) groups is 2. The second-order valence-electron chi connectivity index (χ2n) is 6.62. The molecule has 0 saturated heterocycles. The van der Waals surface area contributed by atoms with Crippen LogP contribution in [0.1, 0.15) is 31.9 Å². The molecule has 1 aliphatic heterocycles. The van der Waals surface area contributed by atoms with Crippen LogP contribution in [0.2, 0.25) is 10.0 Å². The number of nitrogens with one attached hydrogen (secondary N) is 1. The lowest BCUT2D eigenvalue weighted by Crippen LogP contribution is -2.38. The van der Waals surface area contributed by atoms with Gasteiger partial charge in [-0.25, -0.2) is 0 Å². The number of amides is 2. The Bertz CT molecular complexity index is 934. The van der Waals surface area contributed by atoms with Gasteiger partial charge in [0.05, 0.1) is 10.6 Å². The van der Waals surface area contributed by atoms with Crippen molar-refractivity contribution in [2.24, 2.45) is 0 Å². The Morgan fingerprint density at radius 1 is 1.00 bits per heavy atom. The van der Waals surface area contributed by atoms with E-state index in [1.165, 1.54) is 10.5 Å². The van der Waals surface area contributed by atoms with E-state index in [0.29, 0.717) is 15.6 Å². The van der Waals surface area contributed by atoms with Crippen LogP contribution in [0.15, 0.2) is 48.2 Å². The van der Waals surface area contributed by atoms with Crippen molar-refractivity contribution in [2.75, 3.05) is 5.32 Å². The number of hydrogen-bond donors (Lipinski definition) is 1. The predicted molar refractivity (Wildman–Crippen MR) is 110 cm³/mol. The van der Waals surface area contributed by atoms with Crippen molar-refractivity contribution in [1.82, 2.24) is 4.90 Å². The molecule has 2 amide bonds. The van der Waals surface area contributed by atoms with Crippen LogP contribution in [0.4, 0.5) is 5.69 Å². The zero-order valence-electron chi connectivity index (χ0n) is 15.3. The van der Waals surface area contributed by atoms with E-state index >= 15 is 0 Å². The van der Waals surface area contributed by atoms with Crippen molar-refractivity contribution < 1.29 is 9.59 Å². The van der Waals surface area contributed by atoms with Crippen molar-refractivity contribution in [3.8, 4) is 0 Å². The molecule has 0 atom stereocenters. The van der Waals surface area contributed by atoms with Crippen molar-refractivity contribution in [3.05, 3.63) is 69.3 Å². The van der Waals surface area contributed by atoms with Crippen LogP contribution >= 0.6 is 23.2 Å². The minimum atomic E-state index is -0.369. The van der Waals surface area contributed by atoms with Gasteiger partial charge in [-0.05, 0) is 50.1 Å². The first-order valence-electron chi connectivity index (χ1n) is 8.77. The largest absolute Gasteiger partial charge is 0.350 e. The monoisotopic (exact) mass is 402 g/mol. The van der Waals surface area contributed by atoms with Crippen LogP contribution < -0.4 is 5.32 Å². The van der Waals surface area contributed by atoms with E-state index in [0.717, 1.165) is 12.1 Å². The number of imide groups is 1. The van der Waals surface area contributed by atoms with Gasteiger partial charge in [0.1, 0.15) is 5.70 Å². The number of hydrogen-bond acceptors (Lipinski definition) is 3. The van der Waals surface area contributed by atoms with E-state index in [1.54, 1.807) is 32.0 Å². The molecule has 0 radical (unpaired) electrons. The number of halogens is 2. The van der Waals surface area contributed by atoms with E-state index in [-0.39, 0.29) is 29.1 Å². The molecule has 1 N–H and O–H groups in total. The Hall–Kier alpha value is -2.30. The van der Waals surface area contributed by atoms with Gasteiger partial charge in [-0.1, -0.05) is 48.3 Å². The van der Waals surface area contributed by atoms with Crippen LogP contribution in [0.25, 0.3) is 5.57 Å². The summed E-state index contributed by atoms with van der Waals surface area (Å²) in [6, 6.07) is 12.4. The first-order chi connectivity index (χ1) is 12.8. The molecule has 4 nitrogen and oxygen atoms in total. The van der Waals surface area contributed by atoms with Gasteiger partial charge in [-0.2, -0.15) is 0 Å². The zero-order chi connectivity index (χ0) is 19.7. The topological polar surface area (TPSA) is 49.4 Å². The fourth-order valence-corrected chi connectivity index (χ4v) is 3.55. The van der Waals surface area contributed by atoms with Crippen LogP contribution in [0.3, 0.4) is 0 Å². The van der Waals surface area contributed by atoms with Gasteiger partial charge in [-0.15, -0.1) is 0 Å². The summed E-state index contributed by atoms with van der Waals surface area (Å²) in [5, 5.41) is 3.91. The predicted octanol–water partition coefficient (Wildman–Crippen LogP) is 5.16. The lowest BCUT2D eigenvalue weighted by Gasteiger charge is -2.19. The Labute approximate surface area is 168 Å². The average Bonchev–Trinajstić information content (AvgIpc) is 2.86. The van der Waals surface area contributed by atoms with E-state index in [1.807, 2.05) is 24.3 Å². The second-order valence-corrected chi connectivity index (χ2v) is 7.47. The molecule has 0 saturated carbocycles. The van der Waals surface area contributed by atoms with Gasteiger partial charge in [0.2, 0.25) is 0 Å². The number of aryl methyl sites for hydroxylation is 1. The standard InChI is InChI=1S/C21H20Cl2N2O2/c1-4-13-5-8-15(9-6-13)24-19-18(16-10-7-14(22)11-17(16)23)20(26)25(12(2)3)21(19)27/h5-12,24H,4H2,1-3H3. The van der Waals surface area contributed by atoms with Crippen LogP contribution in [0.5, 0.6) is 0 Å². The zero-order valence-corrected chi connectivity index (χ0v) is 16.9. The molecule has 0 aliphatic carbocycles. The van der Waals surface area contributed by atoms with Gasteiger partial charge in [-0.3, -0.25) is 14.5 Å². The average molecular weight is 403 g/mol. The van der Waals surface area contributed by atoms with Crippen LogP contribution in [0, 0.1) is 0 Å². The molecular formula is C21H20Cl2N2O2. The van der Waals surface area contributed by atoms with Crippen LogP contribution in [-0.2, 0) is 16.0 Å². The molecule has 0 aromatic heterocycles. The maximum atomic E-state index is 13.0. The van der Waals surface area contributed by atoms with Gasteiger partial charge in [0.25, 0.3) is 11.8 Å². The van der Waals surface area contributed by atoms with Crippen molar-refractivity contribution in [1.29, 1.82) is 0 Å². The first-order valence-corrected chi connectivity index (χ1v) is 9.52. The summed E-state index contributed by atoms with van der Waals surface area (Å²) in [6.45, 7) is 5.68. The molecule has 0 bridgehead atoms. The normalized spacial score (nSPS) is 14.5. The summed E-state index contributed by atoms with van der Waals surface area (Å²) < 4.78 is 0. The SMILES string of the molecule is CCc1ccc(NC2=C(c3ccc(Cl)cc3Cl)C(=O)N(C(C)C)C2=O)cc1. The molecule has 2 aromatic carbocycles. The molecule has 0 unspecified atom stereocenters. The lowest BCUT2D eigenvalue weighted by atomic mass is 10.0. The number of anilines is 1. The van der Waals surface area contributed by atoms with Gasteiger partial charge >= 0.3 is 0 Å². The highest BCUT2D eigenvalue weighted by Crippen LogP contribution is 2.36. The third kappa shape index (κ3) is 3.73. The summed E-state index contributed by atoms with van der Waals surface area (Å²) in [6.07, 6.45) is 0.924. The number of benzene rings is 2. The van der Waals surface area contributed by atoms with E-state index < -0.39 is 0 Å². The second kappa shape index (κ2) is 7.75. The fourth-order valence-electron chi connectivity index (χ4n) is 3.04. The lowest BCUT2D eigenvalue weighted by molar-refractivity contribution is -0.138. The van der Waals surface area contributed by atoms with Gasteiger partial charge in [0.15, 0.2) is 0 Å². The summed E-state index contributed by atoms with van der Waals surface area (Å²) >= 11 is 12.3. The molecule has 1 heterocycles. The number of rotatable bonds is 5. The smallest absolute Gasteiger partial charge is 0.278 e. The maximum absolute atomic E-state index is 13.0. The van der Waals surface area contributed by atoms with Crippen molar-refractivity contribution >= 4 is 46.3 Å². The molecule has 1 aliphatic rings. The third-order valence-electron chi connectivity index (χ3n) is 4.46.